The zero-order chi connectivity index (χ0) is 9.97. The molecular weight excluding hydrogens is 293 g/mol. The maximum absolute atomic E-state index is 5.02. The first-order valence-corrected chi connectivity index (χ1v) is 5.36. The first kappa shape index (κ1) is 9.85. The predicted molar refractivity (Wildman–Crippen MR) is 62.1 cm³/mol. The van der Waals surface area contributed by atoms with Crippen molar-refractivity contribution >= 4 is 33.6 Å². The van der Waals surface area contributed by atoms with Crippen LogP contribution in [-0.2, 0) is 11.3 Å². The van der Waals surface area contributed by atoms with Gasteiger partial charge in [0.25, 0.3) is 0 Å². The number of ether oxygens (including phenoxy) is 1. The summed E-state index contributed by atoms with van der Waals surface area (Å²) in [5.74, 6) is 0. The molecule has 0 atom stereocenters. The molecule has 74 valence electrons. The van der Waals surface area contributed by atoms with Crippen LogP contribution in [0.25, 0.3) is 11.0 Å². The minimum absolute atomic E-state index is 0.668. The summed E-state index contributed by atoms with van der Waals surface area (Å²) < 4.78 is 8.11. The summed E-state index contributed by atoms with van der Waals surface area (Å²) in [5.41, 5.74) is 2.03. The summed E-state index contributed by atoms with van der Waals surface area (Å²) in [6.45, 7) is 1.43. The molecule has 0 amide bonds. The van der Waals surface area contributed by atoms with Gasteiger partial charge < -0.3 is 4.74 Å². The Morgan fingerprint density at radius 3 is 3.21 bits per heavy atom. The smallest absolute Gasteiger partial charge is 0.109 e. The summed E-state index contributed by atoms with van der Waals surface area (Å²) in [6.07, 6.45) is 3.58. The molecule has 2 heterocycles. The standard InChI is InChI=1S/C9H10IN3O/c1-14-5-4-13-9-7(10)2-3-11-8(9)6-12-13/h2-3,6H,4-5H2,1H3. The average molecular weight is 303 g/mol. The fourth-order valence-corrected chi connectivity index (χ4v) is 2.04. The van der Waals surface area contributed by atoms with Crippen molar-refractivity contribution in [1.29, 1.82) is 0 Å². The molecule has 0 N–H and O–H groups in total. The third kappa shape index (κ3) is 1.74. The van der Waals surface area contributed by atoms with E-state index in [1.165, 1.54) is 3.57 Å². The Morgan fingerprint density at radius 1 is 1.57 bits per heavy atom. The van der Waals surface area contributed by atoms with E-state index in [1.807, 2.05) is 10.7 Å². The number of halogens is 1. The van der Waals surface area contributed by atoms with Crippen molar-refractivity contribution in [3.8, 4) is 0 Å². The molecule has 0 aliphatic heterocycles. The normalized spacial score (nSPS) is 11.0. The van der Waals surface area contributed by atoms with Gasteiger partial charge in [-0.15, -0.1) is 0 Å². The molecule has 14 heavy (non-hydrogen) atoms. The lowest BCUT2D eigenvalue weighted by molar-refractivity contribution is 0.185. The number of hydrogen-bond donors (Lipinski definition) is 0. The summed E-state index contributed by atoms with van der Waals surface area (Å²) >= 11 is 2.29. The minimum atomic E-state index is 0.668. The molecule has 0 fully saturated rings. The van der Waals surface area contributed by atoms with Crippen LogP contribution >= 0.6 is 22.6 Å². The lowest BCUT2D eigenvalue weighted by atomic mass is 10.4. The van der Waals surface area contributed by atoms with Crippen molar-refractivity contribution in [2.75, 3.05) is 13.7 Å². The number of nitrogens with zero attached hydrogens (tertiary/aromatic N) is 3. The monoisotopic (exact) mass is 303 g/mol. The van der Waals surface area contributed by atoms with E-state index in [4.69, 9.17) is 4.74 Å². The maximum Gasteiger partial charge on any atom is 0.109 e. The molecular formula is C9H10IN3O. The molecule has 0 aromatic carbocycles. The largest absolute Gasteiger partial charge is 0.383 e. The van der Waals surface area contributed by atoms with Crippen LogP contribution < -0.4 is 0 Å². The number of aromatic nitrogens is 3. The van der Waals surface area contributed by atoms with Gasteiger partial charge in [0.05, 0.1) is 19.3 Å². The summed E-state index contributed by atoms with van der Waals surface area (Å²) in [5, 5.41) is 4.26. The van der Waals surface area contributed by atoms with Crippen LogP contribution in [0.3, 0.4) is 0 Å². The SMILES string of the molecule is COCCn1ncc2nccc(I)c21. The third-order valence-corrected chi connectivity index (χ3v) is 2.86. The highest BCUT2D eigenvalue weighted by molar-refractivity contribution is 14.1. The average Bonchev–Trinajstić information content (AvgIpc) is 2.59. The van der Waals surface area contributed by atoms with Crippen LogP contribution in [0.1, 0.15) is 0 Å². The van der Waals surface area contributed by atoms with Gasteiger partial charge >= 0.3 is 0 Å². The molecule has 0 radical (unpaired) electrons. The second-order valence-electron chi connectivity index (χ2n) is 2.89. The second kappa shape index (κ2) is 4.22. The van der Waals surface area contributed by atoms with E-state index in [2.05, 4.69) is 32.7 Å². The molecule has 0 bridgehead atoms. The Hall–Kier alpha value is -0.690. The molecule has 4 nitrogen and oxygen atoms in total. The summed E-state index contributed by atoms with van der Waals surface area (Å²) in [4.78, 5) is 4.24. The van der Waals surface area contributed by atoms with Gasteiger partial charge in [0.15, 0.2) is 0 Å². The Bertz CT molecular complexity index is 441. The topological polar surface area (TPSA) is 39.9 Å². The lowest BCUT2D eigenvalue weighted by Crippen LogP contribution is -2.06. The second-order valence-corrected chi connectivity index (χ2v) is 4.05. The summed E-state index contributed by atoms with van der Waals surface area (Å²) in [7, 11) is 1.69. The van der Waals surface area contributed by atoms with Crippen LogP contribution in [-0.4, -0.2) is 28.5 Å². The van der Waals surface area contributed by atoms with Gasteiger partial charge in [-0.3, -0.25) is 9.67 Å². The van der Waals surface area contributed by atoms with Gasteiger partial charge in [0.1, 0.15) is 11.0 Å². The Labute approximate surface area is 95.4 Å². The number of pyridine rings is 1. The van der Waals surface area contributed by atoms with Crippen LogP contribution in [0, 0.1) is 3.57 Å². The zero-order valence-electron chi connectivity index (χ0n) is 7.77. The van der Waals surface area contributed by atoms with Crippen molar-refractivity contribution in [3.05, 3.63) is 22.0 Å². The highest BCUT2D eigenvalue weighted by atomic mass is 127. The van der Waals surface area contributed by atoms with Gasteiger partial charge in [-0.25, -0.2) is 0 Å². The van der Waals surface area contributed by atoms with E-state index in [1.54, 1.807) is 19.5 Å². The minimum Gasteiger partial charge on any atom is -0.383 e. The van der Waals surface area contributed by atoms with Crippen LogP contribution in [0.5, 0.6) is 0 Å². The molecule has 5 heteroatoms. The fourth-order valence-electron chi connectivity index (χ4n) is 1.32. The van der Waals surface area contributed by atoms with Gasteiger partial charge in [-0.2, -0.15) is 5.10 Å². The molecule has 2 aromatic heterocycles. The Balaban J connectivity index is 2.45. The molecule has 0 aliphatic rings. The molecule has 0 unspecified atom stereocenters. The van der Waals surface area contributed by atoms with E-state index in [-0.39, 0.29) is 0 Å². The molecule has 2 rings (SSSR count). The van der Waals surface area contributed by atoms with Gasteiger partial charge in [-0.05, 0) is 28.7 Å². The van der Waals surface area contributed by atoms with E-state index < -0.39 is 0 Å². The number of methoxy groups -OCH3 is 1. The first-order chi connectivity index (χ1) is 6.83. The Morgan fingerprint density at radius 2 is 2.43 bits per heavy atom. The van der Waals surface area contributed by atoms with E-state index in [0.717, 1.165) is 17.6 Å². The summed E-state index contributed by atoms with van der Waals surface area (Å²) in [6, 6.07) is 1.98. The zero-order valence-corrected chi connectivity index (χ0v) is 9.93. The van der Waals surface area contributed by atoms with E-state index in [0.29, 0.717) is 6.61 Å². The molecule has 0 spiro atoms. The van der Waals surface area contributed by atoms with Crippen molar-refractivity contribution < 1.29 is 4.74 Å². The lowest BCUT2D eigenvalue weighted by Gasteiger charge is -2.02. The number of hydrogen-bond acceptors (Lipinski definition) is 3. The van der Waals surface area contributed by atoms with Crippen molar-refractivity contribution in [2.24, 2.45) is 0 Å². The van der Waals surface area contributed by atoms with Gasteiger partial charge in [0, 0.05) is 16.9 Å². The highest BCUT2D eigenvalue weighted by Gasteiger charge is 2.06. The van der Waals surface area contributed by atoms with Crippen LogP contribution in [0.4, 0.5) is 0 Å². The quantitative estimate of drug-likeness (QED) is 0.810. The number of fused-ring (bicyclic) bond motifs is 1. The van der Waals surface area contributed by atoms with Crippen LogP contribution in [0.15, 0.2) is 18.5 Å². The van der Waals surface area contributed by atoms with Gasteiger partial charge in [-0.1, -0.05) is 0 Å². The number of rotatable bonds is 3. The molecule has 2 aromatic rings. The molecule has 0 saturated carbocycles. The predicted octanol–water partition coefficient (Wildman–Crippen LogP) is 1.68. The van der Waals surface area contributed by atoms with Crippen molar-refractivity contribution in [3.63, 3.8) is 0 Å². The third-order valence-electron chi connectivity index (χ3n) is 1.99. The Kier molecular flexibility index (Phi) is 2.97. The first-order valence-electron chi connectivity index (χ1n) is 4.28. The molecule has 0 saturated heterocycles. The van der Waals surface area contributed by atoms with Crippen molar-refractivity contribution in [1.82, 2.24) is 14.8 Å². The maximum atomic E-state index is 5.02. The van der Waals surface area contributed by atoms with Crippen LogP contribution in [0.2, 0.25) is 0 Å². The highest BCUT2D eigenvalue weighted by Crippen LogP contribution is 2.17. The fraction of sp³-hybridized carbons (Fsp3) is 0.333. The molecule has 0 aliphatic carbocycles. The van der Waals surface area contributed by atoms with Gasteiger partial charge in [0.2, 0.25) is 0 Å². The van der Waals surface area contributed by atoms with E-state index in [9.17, 15) is 0 Å². The van der Waals surface area contributed by atoms with E-state index >= 15 is 0 Å². The van der Waals surface area contributed by atoms with Crippen molar-refractivity contribution in [2.45, 2.75) is 6.54 Å².